The maximum Gasteiger partial charge on any atom is 0.0695 e. The molecule has 1 saturated heterocycles. The van der Waals surface area contributed by atoms with Crippen molar-refractivity contribution in [2.45, 2.75) is 52.2 Å². The topological polar surface area (TPSA) is 52.2 Å². The van der Waals surface area contributed by atoms with E-state index in [1.54, 1.807) is 0 Å². The van der Waals surface area contributed by atoms with Crippen LogP contribution in [0.2, 0.25) is 0 Å². The van der Waals surface area contributed by atoms with Crippen LogP contribution in [0.5, 0.6) is 0 Å². The molecule has 3 aromatic rings. The van der Waals surface area contributed by atoms with Crippen LogP contribution in [0.3, 0.4) is 0 Å². The zero-order valence-electron chi connectivity index (χ0n) is 18.1. The van der Waals surface area contributed by atoms with E-state index < -0.39 is 0 Å². The monoisotopic (exact) mass is 403 g/mol. The molecule has 4 nitrogen and oxygen atoms in total. The van der Waals surface area contributed by atoms with Crippen LogP contribution in [-0.4, -0.2) is 39.4 Å². The maximum atomic E-state index is 10.7. The molecule has 4 rings (SSSR count). The number of aromatic nitrogens is 2. The number of aliphatic hydroxyl groups is 1. The number of piperidine rings is 1. The highest BCUT2D eigenvalue weighted by atomic mass is 16.3. The average molecular weight is 404 g/mol. The van der Waals surface area contributed by atoms with Crippen molar-refractivity contribution in [2.24, 2.45) is 5.92 Å². The highest BCUT2D eigenvalue weighted by Crippen LogP contribution is 2.28. The fourth-order valence-corrected chi connectivity index (χ4v) is 4.51. The first-order valence-corrected chi connectivity index (χ1v) is 11.1. The third-order valence-electron chi connectivity index (χ3n) is 6.66. The molecule has 0 bridgehead atoms. The number of nitrogens with one attached hydrogen (secondary N) is 1. The van der Waals surface area contributed by atoms with Gasteiger partial charge in [-0.05, 0) is 81.3 Å². The second kappa shape index (κ2) is 9.59. The molecule has 2 N–H and O–H groups in total. The van der Waals surface area contributed by atoms with E-state index in [-0.39, 0.29) is 6.10 Å². The van der Waals surface area contributed by atoms with Gasteiger partial charge in [-0.25, -0.2) is 0 Å². The zero-order valence-corrected chi connectivity index (χ0v) is 18.1. The van der Waals surface area contributed by atoms with Gasteiger partial charge in [0.25, 0.3) is 0 Å². The van der Waals surface area contributed by atoms with Crippen LogP contribution < -0.4 is 0 Å². The summed E-state index contributed by atoms with van der Waals surface area (Å²) < 4.78 is 0. The SMILES string of the molecule is Cc1ccc(-c2[nH]ncc2CN2CCC([C@H](O)CCc3ccccc3)CC2)cc1C. The van der Waals surface area contributed by atoms with E-state index in [4.69, 9.17) is 0 Å². The van der Waals surface area contributed by atoms with Crippen LogP contribution in [0.15, 0.2) is 54.7 Å². The molecule has 0 aliphatic carbocycles. The number of aryl methyl sites for hydroxylation is 3. The average Bonchev–Trinajstić information content (AvgIpc) is 3.23. The highest BCUT2D eigenvalue weighted by Gasteiger charge is 2.25. The Morgan fingerprint density at radius 2 is 1.83 bits per heavy atom. The van der Waals surface area contributed by atoms with Crippen molar-refractivity contribution in [3.05, 3.63) is 77.0 Å². The molecule has 0 unspecified atom stereocenters. The Balaban J connectivity index is 1.30. The second-order valence-corrected chi connectivity index (χ2v) is 8.77. The smallest absolute Gasteiger partial charge is 0.0695 e. The Bertz CT molecular complexity index is 942. The van der Waals surface area contributed by atoms with Gasteiger partial charge in [-0.1, -0.05) is 42.5 Å². The van der Waals surface area contributed by atoms with Crippen LogP contribution in [0, 0.1) is 19.8 Å². The van der Waals surface area contributed by atoms with Gasteiger partial charge in [0, 0.05) is 17.7 Å². The molecule has 1 atom stereocenters. The quantitative estimate of drug-likeness (QED) is 0.590. The number of benzene rings is 2. The molecule has 1 aliphatic rings. The predicted octanol–water partition coefficient (Wildman–Crippen LogP) is 4.90. The fraction of sp³-hybridized carbons (Fsp3) is 0.423. The fourth-order valence-electron chi connectivity index (χ4n) is 4.51. The van der Waals surface area contributed by atoms with E-state index in [1.165, 1.54) is 27.8 Å². The van der Waals surface area contributed by atoms with Gasteiger partial charge in [0.15, 0.2) is 0 Å². The lowest BCUT2D eigenvalue weighted by Crippen LogP contribution is -2.37. The molecule has 4 heteroatoms. The Morgan fingerprint density at radius 3 is 2.57 bits per heavy atom. The van der Waals surface area contributed by atoms with Crippen molar-refractivity contribution in [2.75, 3.05) is 13.1 Å². The van der Waals surface area contributed by atoms with Crippen LogP contribution in [0.25, 0.3) is 11.3 Å². The van der Waals surface area contributed by atoms with Gasteiger partial charge in [0.1, 0.15) is 0 Å². The summed E-state index contributed by atoms with van der Waals surface area (Å²) >= 11 is 0. The van der Waals surface area contributed by atoms with Gasteiger partial charge in [-0.2, -0.15) is 5.10 Å². The van der Waals surface area contributed by atoms with Gasteiger partial charge in [-0.15, -0.1) is 0 Å². The largest absolute Gasteiger partial charge is 0.393 e. The summed E-state index contributed by atoms with van der Waals surface area (Å²) in [4.78, 5) is 2.50. The summed E-state index contributed by atoms with van der Waals surface area (Å²) in [5.41, 5.74) is 7.51. The van der Waals surface area contributed by atoms with E-state index >= 15 is 0 Å². The van der Waals surface area contributed by atoms with Crippen molar-refractivity contribution in [3.63, 3.8) is 0 Å². The number of likely N-dealkylation sites (tertiary alicyclic amines) is 1. The highest BCUT2D eigenvalue weighted by molar-refractivity contribution is 5.64. The van der Waals surface area contributed by atoms with Crippen LogP contribution in [0.1, 0.15) is 41.5 Å². The van der Waals surface area contributed by atoms with Gasteiger partial charge in [-0.3, -0.25) is 10.00 Å². The van der Waals surface area contributed by atoms with E-state index in [0.29, 0.717) is 5.92 Å². The molecule has 2 heterocycles. The lowest BCUT2D eigenvalue weighted by Gasteiger charge is -2.34. The van der Waals surface area contributed by atoms with Crippen molar-refractivity contribution in [1.29, 1.82) is 0 Å². The molecule has 0 radical (unpaired) electrons. The number of hydrogen-bond donors (Lipinski definition) is 2. The first kappa shape index (κ1) is 20.8. The summed E-state index contributed by atoms with van der Waals surface area (Å²) in [5, 5.41) is 18.2. The second-order valence-electron chi connectivity index (χ2n) is 8.77. The number of nitrogens with zero attached hydrogens (tertiary/aromatic N) is 2. The van der Waals surface area contributed by atoms with Crippen molar-refractivity contribution in [3.8, 4) is 11.3 Å². The number of aliphatic hydroxyl groups excluding tert-OH is 1. The molecule has 158 valence electrons. The maximum absolute atomic E-state index is 10.7. The van der Waals surface area contributed by atoms with Crippen molar-refractivity contribution >= 4 is 0 Å². The normalized spacial score (nSPS) is 16.6. The van der Waals surface area contributed by atoms with E-state index in [9.17, 15) is 5.11 Å². The number of aromatic amines is 1. The Kier molecular flexibility index (Phi) is 6.66. The van der Waals surface area contributed by atoms with Gasteiger partial charge in [0.05, 0.1) is 18.0 Å². The summed E-state index contributed by atoms with van der Waals surface area (Å²) in [6, 6.07) is 17.1. The molecule has 1 fully saturated rings. The Morgan fingerprint density at radius 1 is 1.07 bits per heavy atom. The van der Waals surface area contributed by atoms with E-state index in [0.717, 1.165) is 51.0 Å². The summed E-state index contributed by atoms with van der Waals surface area (Å²) in [6.45, 7) is 7.27. The van der Waals surface area contributed by atoms with Gasteiger partial charge < -0.3 is 5.11 Å². The summed E-state index contributed by atoms with van der Waals surface area (Å²) in [6.07, 6.45) is 5.70. The minimum Gasteiger partial charge on any atom is -0.393 e. The molecule has 0 spiro atoms. The van der Waals surface area contributed by atoms with E-state index in [2.05, 4.69) is 71.4 Å². The molecule has 30 heavy (non-hydrogen) atoms. The molecule has 1 aromatic heterocycles. The zero-order chi connectivity index (χ0) is 20.9. The van der Waals surface area contributed by atoms with Gasteiger partial charge >= 0.3 is 0 Å². The van der Waals surface area contributed by atoms with Crippen molar-refractivity contribution < 1.29 is 5.11 Å². The van der Waals surface area contributed by atoms with Crippen LogP contribution >= 0.6 is 0 Å². The van der Waals surface area contributed by atoms with Crippen LogP contribution in [-0.2, 0) is 13.0 Å². The minimum absolute atomic E-state index is 0.202. The number of rotatable bonds is 7. The number of hydrogen-bond acceptors (Lipinski definition) is 3. The molecular weight excluding hydrogens is 370 g/mol. The first-order valence-electron chi connectivity index (χ1n) is 11.1. The first-order chi connectivity index (χ1) is 14.6. The minimum atomic E-state index is -0.202. The third-order valence-corrected chi connectivity index (χ3v) is 6.66. The van der Waals surface area contributed by atoms with E-state index in [1.807, 2.05) is 12.3 Å². The Hall–Kier alpha value is -2.43. The lowest BCUT2D eigenvalue weighted by atomic mass is 9.88. The number of H-pyrrole nitrogens is 1. The molecule has 0 amide bonds. The summed E-state index contributed by atoms with van der Waals surface area (Å²) in [5.74, 6) is 0.411. The van der Waals surface area contributed by atoms with Crippen molar-refractivity contribution in [1.82, 2.24) is 15.1 Å². The molecule has 2 aromatic carbocycles. The predicted molar refractivity (Wildman–Crippen MR) is 122 cm³/mol. The standard InChI is InChI=1S/C26H33N3O/c1-19-8-10-23(16-20(19)2)26-24(17-27-28-26)18-29-14-12-22(13-15-29)25(30)11-9-21-6-4-3-5-7-21/h3-8,10,16-17,22,25,30H,9,11-15,18H2,1-2H3,(H,27,28)/t25-/m1/s1. The van der Waals surface area contributed by atoms with Gasteiger partial charge in [0.2, 0.25) is 0 Å². The lowest BCUT2D eigenvalue weighted by molar-refractivity contribution is 0.0520. The molecule has 0 saturated carbocycles. The third kappa shape index (κ3) is 5.00. The van der Waals surface area contributed by atoms with Crippen LogP contribution in [0.4, 0.5) is 0 Å². The summed E-state index contributed by atoms with van der Waals surface area (Å²) in [7, 11) is 0. The Labute approximate surface area is 180 Å². The molecule has 1 aliphatic heterocycles. The molecular formula is C26H33N3O.